The largest absolute Gasteiger partial charge is 0.465 e. The highest BCUT2D eigenvalue weighted by Gasteiger charge is 2.51. The first kappa shape index (κ1) is 15.8. The van der Waals surface area contributed by atoms with E-state index in [1.807, 2.05) is 0 Å². The monoisotopic (exact) mass is 331 g/mol. The number of carbonyl (C=O) groups excluding carboxylic acids is 4. The van der Waals surface area contributed by atoms with Crippen LogP contribution in [0.4, 0.5) is 5.69 Å². The van der Waals surface area contributed by atoms with Gasteiger partial charge in [0.1, 0.15) is 0 Å². The van der Waals surface area contributed by atoms with Crippen LogP contribution in [-0.2, 0) is 19.1 Å². The number of fused-ring (bicyclic) bond motifs is 1. The first-order valence-corrected chi connectivity index (χ1v) is 7.04. The topological polar surface area (TPSA) is 115 Å². The number of esters is 2. The van der Waals surface area contributed by atoms with Crippen molar-refractivity contribution in [3.05, 3.63) is 29.3 Å². The molecule has 0 aliphatic carbocycles. The van der Waals surface area contributed by atoms with E-state index in [0.717, 1.165) is 4.90 Å². The molecule has 0 radical (unpaired) electrons. The lowest BCUT2D eigenvalue weighted by molar-refractivity contribution is -0.122. The Morgan fingerprint density at radius 2 is 1.62 bits per heavy atom. The highest BCUT2D eigenvalue weighted by atomic mass is 16.5. The number of anilines is 1. The average molecular weight is 331 g/mol. The molecule has 2 amide bonds. The molecule has 3 rings (SSSR count). The van der Waals surface area contributed by atoms with Crippen molar-refractivity contribution in [1.82, 2.24) is 0 Å². The van der Waals surface area contributed by atoms with Crippen LogP contribution in [0.15, 0.2) is 28.4 Å². The van der Waals surface area contributed by atoms with E-state index in [4.69, 9.17) is 0 Å². The van der Waals surface area contributed by atoms with E-state index >= 15 is 0 Å². The molecule has 0 N–H and O–H groups in total. The van der Waals surface area contributed by atoms with Crippen molar-refractivity contribution >= 4 is 29.4 Å². The number of rotatable bonds is 3. The molecule has 1 fully saturated rings. The number of azo groups is 1. The van der Waals surface area contributed by atoms with E-state index in [1.54, 1.807) is 0 Å². The fraction of sp³-hybridized carbons (Fsp3) is 0.333. The number of hydrogen-bond acceptors (Lipinski definition) is 8. The molecule has 9 heteroatoms. The molecule has 9 nitrogen and oxygen atoms in total. The number of hydrogen-bond donors (Lipinski definition) is 0. The van der Waals surface area contributed by atoms with Crippen LogP contribution in [0.5, 0.6) is 0 Å². The normalized spacial score (nSPS) is 21.8. The van der Waals surface area contributed by atoms with Crippen LogP contribution < -0.4 is 4.90 Å². The Morgan fingerprint density at radius 3 is 2.12 bits per heavy atom. The molecule has 2 aliphatic heterocycles. The Bertz CT molecular complexity index is 753. The second kappa shape index (κ2) is 5.84. The van der Waals surface area contributed by atoms with Crippen LogP contribution in [-0.4, -0.2) is 50.6 Å². The van der Waals surface area contributed by atoms with Gasteiger partial charge < -0.3 is 9.47 Å². The van der Waals surface area contributed by atoms with Crippen LogP contribution in [0, 0.1) is 5.92 Å². The minimum absolute atomic E-state index is 0.0229. The fourth-order valence-electron chi connectivity index (χ4n) is 2.71. The summed E-state index contributed by atoms with van der Waals surface area (Å²) in [6, 6.07) is 3.05. The van der Waals surface area contributed by atoms with Crippen molar-refractivity contribution in [3.8, 4) is 0 Å². The third-order valence-corrected chi connectivity index (χ3v) is 3.89. The molecule has 0 bridgehead atoms. The molecule has 2 heterocycles. The zero-order valence-electron chi connectivity index (χ0n) is 12.9. The number of ether oxygens (including phenoxy) is 2. The van der Waals surface area contributed by atoms with E-state index in [-0.39, 0.29) is 23.4 Å². The molecule has 2 atom stereocenters. The summed E-state index contributed by atoms with van der Waals surface area (Å²) in [5, 5.41) is 7.51. The summed E-state index contributed by atoms with van der Waals surface area (Å²) in [7, 11) is 2.37. The summed E-state index contributed by atoms with van der Waals surface area (Å²) >= 11 is 0. The van der Waals surface area contributed by atoms with Gasteiger partial charge in [-0.25, -0.2) is 14.5 Å². The molecule has 1 aromatic rings. The quantitative estimate of drug-likeness (QED) is 0.591. The molecule has 24 heavy (non-hydrogen) atoms. The third-order valence-electron chi connectivity index (χ3n) is 3.89. The number of nitrogens with zero attached hydrogens (tertiary/aromatic N) is 3. The molecule has 124 valence electrons. The summed E-state index contributed by atoms with van der Waals surface area (Å²) in [6.45, 7) is 0.145. The maximum Gasteiger partial charge on any atom is 0.337 e. The number of carbonyl (C=O) groups is 4. The van der Waals surface area contributed by atoms with Gasteiger partial charge in [0.15, 0.2) is 6.04 Å². The molecule has 0 saturated carbocycles. The molecule has 1 saturated heterocycles. The van der Waals surface area contributed by atoms with Crippen LogP contribution in [0.2, 0.25) is 0 Å². The van der Waals surface area contributed by atoms with E-state index in [1.165, 1.54) is 32.4 Å². The van der Waals surface area contributed by atoms with Crippen LogP contribution in [0.25, 0.3) is 0 Å². The van der Waals surface area contributed by atoms with E-state index in [9.17, 15) is 19.2 Å². The van der Waals surface area contributed by atoms with Gasteiger partial charge in [0.25, 0.3) is 5.91 Å². The number of benzene rings is 1. The Morgan fingerprint density at radius 1 is 1.04 bits per heavy atom. The summed E-state index contributed by atoms with van der Waals surface area (Å²) < 4.78 is 9.28. The number of imide groups is 1. The second-order valence-electron chi connectivity index (χ2n) is 5.25. The van der Waals surface area contributed by atoms with Crippen molar-refractivity contribution in [2.75, 3.05) is 25.7 Å². The zero-order valence-corrected chi connectivity index (χ0v) is 12.9. The van der Waals surface area contributed by atoms with Crippen LogP contribution >= 0.6 is 0 Å². The minimum Gasteiger partial charge on any atom is -0.465 e. The van der Waals surface area contributed by atoms with Crippen molar-refractivity contribution in [1.29, 1.82) is 0 Å². The van der Waals surface area contributed by atoms with E-state index < -0.39 is 35.7 Å². The van der Waals surface area contributed by atoms with Crippen molar-refractivity contribution in [3.63, 3.8) is 0 Å². The minimum atomic E-state index is -0.846. The molecular formula is C15H13N3O6. The molecule has 0 spiro atoms. The Labute approximate surface area is 136 Å². The number of methoxy groups -OCH3 is 2. The third kappa shape index (κ3) is 2.34. The van der Waals surface area contributed by atoms with Gasteiger partial charge in [0, 0.05) is 0 Å². The van der Waals surface area contributed by atoms with Gasteiger partial charge in [0.2, 0.25) is 5.91 Å². The Kier molecular flexibility index (Phi) is 3.84. The predicted molar refractivity (Wildman–Crippen MR) is 78.6 cm³/mol. The predicted octanol–water partition coefficient (Wildman–Crippen LogP) is 0.584. The van der Waals surface area contributed by atoms with Crippen molar-refractivity contribution in [2.24, 2.45) is 16.1 Å². The van der Waals surface area contributed by atoms with Gasteiger partial charge in [-0.05, 0) is 18.2 Å². The molecule has 2 aliphatic rings. The first-order chi connectivity index (χ1) is 11.5. The van der Waals surface area contributed by atoms with Crippen molar-refractivity contribution < 1.29 is 28.7 Å². The van der Waals surface area contributed by atoms with E-state index in [2.05, 4.69) is 19.7 Å². The van der Waals surface area contributed by atoms with Gasteiger partial charge in [-0.15, -0.1) is 0 Å². The lowest BCUT2D eigenvalue weighted by Crippen LogP contribution is -2.32. The SMILES string of the molecule is COC(=O)c1cc(C(=O)OC)cc(N2C(=O)[C@@H]3CN=N[C@H]3C2=O)c1. The summed E-state index contributed by atoms with van der Waals surface area (Å²) in [6.07, 6.45) is 0. The smallest absolute Gasteiger partial charge is 0.337 e. The van der Waals surface area contributed by atoms with Gasteiger partial charge >= 0.3 is 11.9 Å². The van der Waals surface area contributed by atoms with Crippen LogP contribution in [0.1, 0.15) is 20.7 Å². The first-order valence-electron chi connectivity index (χ1n) is 7.04. The maximum atomic E-state index is 12.5. The molecule has 0 aromatic heterocycles. The van der Waals surface area contributed by atoms with Gasteiger partial charge in [-0.1, -0.05) is 0 Å². The van der Waals surface area contributed by atoms with Gasteiger partial charge in [-0.3, -0.25) is 9.59 Å². The highest BCUT2D eigenvalue weighted by Crippen LogP contribution is 2.33. The van der Waals surface area contributed by atoms with Gasteiger partial charge in [-0.2, -0.15) is 10.2 Å². The van der Waals surface area contributed by atoms with E-state index in [0.29, 0.717) is 0 Å². The highest BCUT2D eigenvalue weighted by molar-refractivity contribution is 6.24. The average Bonchev–Trinajstić information content (AvgIpc) is 3.17. The summed E-state index contributed by atoms with van der Waals surface area (Å²) in [5.41, 5.74) is 0.141. The summed E-state index contributed by atoms with van der Waals surface area (Å²) in [4.78, 5) is 49.4. The molecular weight excluding hydrogens is 318 g/mol. The molecule has 1 aromatic carbocycles. The summed E-state index contributed by atoms with van der Waals surface area (Å²) in [5.74, 6) is -3.06. The zero-order chi connectivity index (χ0) is 17.4. The molecule has 0 unspecified atom stereocenters. The van der Waals surface area contributed by atoms with Gasteiger partial charge in [0.05, 0.1) is 43.5 Å². The fourth-order valence-corrected chi connectivity index (χ4v) is 2.71. The second-order valence-corrected chi connectivity index (χ2v) is 5.25. The lowest BCUT2D eigenvalue weighted by atomic mass is 10.1. The van der Waals surface area contributed by atoms with Crippen LogP contribution in [0.3, 0.4) is 0 Å². The number of amides is 2. The van der Waals surface area contributed by atoms with Crippen molar-refractivity contribution in [2.45, 2.75) is 6.04 Å². The Hall–Kier alpha value is -3.10. The lowest BCUT2D eigenvalue weighted by Gasteiger charge is -2.16. The Balaban J connectivity index is 2.08. The standard InChI is InChI=1S/C15H13N3O6/c1-23-14(21)7-3-8(15(22)24-2)5-9(4-7)18-12(19)10-6-16-17-11(10)13(18)20/h3-5,10-11H,6H2,1-2H3/t10-,11-/m1/s1. The maximum absolute atomic E-state index is 12.5.